The van der Waals surface area contributed by atoms with Crippen LogP contribution in [0, 0.1) is 46.3 Å². The van der Waals surface area contributed by atoms with Crippen molar-refractivity contribution in [3.63, 3.8) is 0 Å². The summed E-state index contributed by atoms with van der Waals surface area (Å²) in [5.74, 6) is 2.98. The van der Waals surface area contributed by atoms with Gasteiger partial charge in [0.15, 0.2) is 23.0 Å². The van der Waals surface area contributed by atoms with Crippen LogP contribution in [0.3, 0.4) is 0 Å². The molecule has 0 saturated heterocycles. The number of aliphatic hydroxyl groups is 1. The zero-order chi connectivity index (χ0) is 46.3. The zero-order valence-corrected chi connectivity index (χ0v) is 39.3. The molecule has 2 aliphatic rings. The number of unbranched alkanes of at least 4 members (excludes halogenated alkanes) is 2. The first kappa shape index (κ1) is 52.8. The molecule has 0 spiro atoms. The van der Waals surface area contributed by atoms with Gasteiger partial charge < -0.3 is 18.9 Å². The van der Waals surface area contributed by atoms with E-state index in [1.807, 2.05) is 69.3 Å². The molecule has 0 radical (unpaired) electrons. The summed E-state index contributed by atoms with van der Waals surface area (Å²) >= 11 is 0. The second kappa shape index (κ2) is 27.0. The maximum Gasteiger partial charge on any atom is 0.243 e. The minimum absolute atomic E-state index is 0.0850. The van der Waals surface area contributed by atoms with Crippen molar-refractivity contribution in [3.05, 3.63) is 77.9 Å². The molecule has 5 rings (SSSR count). The first-order valence-electron chi connectivity index (χ1n) is 22.1. The SMILES string of the molecule is CC(C)(CCCC#N)CNCC(O)[C@H](Cc1ccccc1)NCB=O.CC(C)CN(CC(C)(C)CCCC#N)S(=O)(=O)c1ccc2c(c1)OCCO2.Cc1ccc2c(c1)OCCO2. The minimum atomic E-state index is -3.66. The van der Waals surface area contributed by atoms with Gasteiger partial charge in [-0.05, 0) is 60.9 Å². The third-order valence-corrected chi connectivity index (χ3v) is 12.3. The number of fused-ring (bicyclic) bond motifs is 2. The van der Waals surface area contributed by atoms with Crippen molar-refractivity contribution in [3.8, 4) is 35.1 Å². The molecule has 0 saturated carbocycles. The first-order chi connectivity index (χ1) is 30.0. The van der Waals surface area contributed by atoms with E-state index in [1.165, 1.54) is 5.56 Å². The zero-order valence-electron chi connectivity index (χ0n) is 38.5. The van der Waals surface area contributed by atoms with E-state index in [0.717, 1.165) is 56.4 Å². The molecule has 15 heteroatoms. The summed E-state index contributed by atoms with van der Waals surface area (Å²) < 4.78 is 60.7. The Balaban J connectivity index is 0.000000271. The van der Waals surface area contributed by atoms with Crippen molar-refractivity contribution in [2.24, 2.45) is 16.7 Å². The summed E-state index contributed by atoms with van der Waals surface area (Å²) in [6.07, 6.45) is 4.82. The van der Waals surface area contributed by atoms with Crippen molar-refractivity contribution in [1.29, 1.82) is 10.5 Å². The van der Waals surface area contributed by atoms with Gasteiger partial charge in [-0.15, -0.1) is 0 Å². The summed E-state index contributed by atoms with van der Waals surface area (Å²) in [7, 11) is -2.84. The standard InChI is InChI=1S/C20H30N2O4S.C19H30BN3O2.C9H10O2/c1-16(2)14-22(15-20(3,4)9-5-6-10-21)27(23,24)17-7-8-18-19(13-17)26-12-11-25-18;1-19(2,10-6-7-11-21)14-22-13-18(24)17(23-15-20-25)12-16-8-4-3-5-9-16;1-7-2-3-8-9(6-7)11-5-4-10-8/h7-8,13,16H,5-6,9,11-12,14-15H2,1-4H3;3-5,8-9,17-18,22-24H,6-7,10,12-15H2,1-2H3;2-3,6H,4-5H2,1H3/t;17-,18?;/m.0./s1. The Morgan fingerprint density at radius 1 is 0.810 bits per heavy atom. The molecule has 2 aliphatic heterocycles. The van der Waals surface area contributed by atoms with Crippen molar-refractivity contribution in [2.75, 3.05) is 59.1 Å². The van der Waals surface area contributed by atoms with Crippen molar-refractivity contribution in [1.82, 2.24) is 14.9 Å². The molecule has 2 heterocycles. The van der Waals surface area contributed by atoms with Gasteiger partial charge in [0, 0.05) is 25.6 Å². The Labute approximate surface area is 377 Å². The molecule has 3 aromatic rings. The van der Waals surface area contributed by atoms with E-state index in [1.54, 1.807) is 22.5 Å². The molecular formula is C48H70BN5O8S. The van der Waals surface area contributed by atoms with Crippen LogP contribution in [0.2, 0.25) is 0 Å². The molecule has 0 amide bonds. The number of nitrogens with one attached hydrogen (secondary N) is 2. The Kier molecular flexibility index (Phi) is 22.6. The summed E-state index contributed by atoms with van der Waals surface area (Å²) in [5, 5.41) is 34.4. The predicted octanol–water partition coefficient (Wildman–Crippen LogP) is 7.46. The normalized spacial score (nSPS) is 14.2. The molecule has 63 heavy (non-hydrogen) atoms. The average Bonchev–Trinajstić information content (AvgIpc) is 3.25. The summed E-state index contributed by atoms with van der Waals surface area (Å²) in [4.78, 5) is 0.222. The molecule has 13 nitrogen and oxygen atoms in total. The van der Waals surface area contributed by atoms with Gasteiger partial charge >= 0.3 is 146 Å². The molecule has 3 aromatic carbocycles. The number of benzene rings is 3. The topological polar surface area (TPSA) is 183 Å². The maximum absolute atomic E-state index is 13.3. The number of nitrogens with zero attached hydrogens (tertiary/aromatic N) is 3. The molecule has 0 fully saturated rings. The smallest absolute Gasteiger partial charge is 0.243 e. The van der Waals surface area contributed by atoms with Gasteiger partial charge in [-0.2, -0.15) is 14.8 Å². The van der Waals surface area contributed by atoms with E-state index in [2.05, 4.69) is 50.5 Å². The Bertz CT molecular complexity index is 2020. The fourth-order valence-corrected chi connectivity index (χ4v) is 9.00. The molecular weight excluding hydrogens is 817 g/mol. The maximum atomic E-state index is 13.3. The molecule has 344 valence electrons. The molecule has 3 N–H and O–H groups in total. The number of rotatable bonds is 22. The summed E-state index contributed by atoms with van der Waals surface area (Å²) in [5.41, 5.74) is 2.20. The molecule has 0 aliphatic carbocycles. The summed E-state index contributed by atoms with van der Waals surface area (Å²) in [6.45, 7) is 18.8. The number of nitriles is 2. The van der Waals surface area contributed by atoms with Gasteiger partial charge in [-0.3, -0.25) is 0 Å². The molecule has 1 unspecified atom stereocenters. The van der Waals surface area contributed by atoms with E-state index < -0.39 is 16.1 Å². The summed E-state index contributed by atoms with van der Waals surface area (Å²) in [6, 6.07) is 24.9. The van der Waals surface area contributed by atoms with Crippen LogP contribution in [-0.2, 0) is 21.1 Å². The number of aliphatic hydroxyl groups excluding tert-OH is 1. The van der Waals surface area contributed by atoms with E-state index in [-0.39, 0.29) is 34.1 Å². The van der Waals surface area contributed by atoms with Gasteiger partial charge in [0.25, 0.3) is 0 Å². The van der Waals surface area contributed by atoms with Gasteiger partial charge in [0.1, 0.15) is 26.4 Å². The minimum Gasteiger partial charge on any atom is -0.486 e. The Morgan fingerprint density at radius 3 is 1.94 bits per heavy atom. The van der Waals surface area contributed by atoms with Crippen LogP contribution >= 0.6 is 0 Å². The van der Waals surface area contributed by atoms with E-state index in [4.69, 9.17) is 29.5 Å². The monoisotopic (exact) mass is 888 g/mol. The number of hydrogen-bond acceptors (Lipinski definition) is 12. The van der Waals surface area contributed by atoms with Gasteiger partial charge in [0.2, 0.25) is 10.0 Å². The number of aryl methyl sites for hydroxylation is 1. The fraction of sp³-hybridized carbons (Fsp3) is 0.583. The number of hydrogen-bond donors (Lipinski definition) is 3. The molecule has 2 atom stereocenters. The second-order valence-corrected chi connectivity index (χ2v) is 20.0. The second-order valence-electron chi connectivity index (χ2n) is 18.1. The third kappa shape index (κ3) is 19.4. The van der Waals surface area contributed by atoms with E-state index in [9.17, 15) is 18.2 Å². The molecule has 0 bridgehead atoms. The Hall–Kier alpha value is -4.51. The average molecular weight is 888 g/mol. The van der Waals surface area contributed by atoms with E-state index in [0.29, 0.717) is 76.8 Å². The largest absolute Gasteiger partial charge is 0.486 e. The van der Waals surface area contributed by atoms with Crippen LogP contribution in [0.25, 0.3) is 0 Å². The third-order valence-electron chi connectivity index (χ3n) is 10.5. The van der Waals surface area contributed by atoms with Crippen LogP contribution in [-0.4, -0.2) is 96.2 Å². The first-order valence-corrected chi connectivity index (χ1v) is 23.5. The Morgan fingerprint density at radius 2 is 1.37 bits per heavy atom. The molecule has 0 aromatic heterocycles. The number of ether oxygens (including phenoxy) is 4. The van der Waals surface area contributed by atoms with Crippen LogP contribution < -0.4 is 29.6 Å². The van der Waals surface area contributed by atoms with Crippen molar-refractivity contribution in [2.45, 2.75) is 110 Å². The number of sulfonamides is 1. The quantitative estimate of drug-likeness (QED) is 0.0670. The predicted molar refractivity (Wildman–Crippen MR) is 247 cm³/mol. The van der Waals surface area contributed by atoms with Crippen LogP contribution in [0.15, 0.2) is 71.6 Å². The van der Waals surface area contributed by atoms with Crippen LogP contribution in [0.5, 0.6) is 23.0 Å². The van der Waals surface area contributed by atoms with Crippen molar-refractivity contribution >= 4 is 17.2 Å². The van der Waals surface area contributed by atoms with E-state index >= 15 is 0 Å². The van der Waals surface area contributed by atoms with Gasteiger partial charge in [-0.1, -0.05) is 33.8 Å². The van der Waals surface area contributed by atoms with Gasteiger partial charge in [-0.25, -0.2) is 8.42 Å². The van der Waals surface area contributed by atoms with Gasteiger partial charge in [0.05, 0.1) is 11.0 Å². The van der Waals surface area contributed by atoms with Crippen molar-refractivity contribution < 1.29 is 37.2 Å². The fourth-order valence-electron chi connectivity index (χ4n) is 7.19. The van der Waals surface area contributed by atoms with Crippen LogP contribution in [0.4, 0.5) is 0 Å². The van der Waals surface area contributed by atoms with Crippen LogP contribution in [0.1, 0.15) is 91.2 Å².